The van der Waals surface area contributed by atoms with Crippen LogP contribution in [0.4, 0.5) is 5.69 Å². The number of hydrogen-bond donors (Lipinski definition) is 4. The number of anilines is 1. The van der Waals surface area contributed by atoms with Crippen LogP contribution in [0.2, 0.25) is 0 Å². The Morgan fingerprint density at radius 2 is 1.65 bits per heavy atom. The smallest absolute Gasteiger partial charge is 0.356 e. The highest BCUT2D eigenvalue weighted by atomic mass is 16.5. The molecule has 1 aliphatic rings. The normalized spacial score (nSPS) is 13.7. The molecular weight excluding hydrogens is 801 g/mol. The van der Waals surface area contributed by atoms with E-state index in [0.29, 0.717) is 74.0 Å². The number of piperidine rings is 1. The van der Waals surface area contributed by atoms with Gasteiger partial charge in [0.25, 0.3) is 11.8 Å². The van der Waals surface area contributed by atoms with Crippen molar-refractivity contribution in [3.05, 3.63) is 130 Å². The summed E-state index contributed by atoms with van der Waals surface area (Å²) in [6, 6.07) is 27.4. The number of likely N-dealkylation sites (N-methyl/N-ethyl adjacent to an activating group) is 1. The molecule has 1 unspecified atom stereocenters. The van der Waals surface area contributed by atoms with Crippen LogP contribution in [0.1, 0.15) is 96.8 Å². The summed E-state index contributed by atoms with van der Waals surface area (Å²) in [5.41, 5.74) is 5.93. The van der Waals surface area contributed by atoms with Crippen LogP contribution in [0, 0.1) is 13.8 Å². The molecule has 6 aromatic rings. The second-order valence-corrected chi connectivity index (χ2v) is 15.8. The van der Waals surface area contributed by atoms with Gasteiger partial charge in [0.2, 0.25) is 11.8 Å². The summed E-state index contributed by atoms with van der Waals surface area (Å²) in [5.74, 6) is -1.95. The summed E-state index contributed by atoms with van der Waals surface area (Å²) < 4.78 is 7.83. The first-order valence-corrected chi connectivity index (χ1v) is 21.1. The lowest BCUT2D eigenvalue weighted by atomic mass is 9.96. The fourth-order valence-corrected chi connectivity index (χ4v) is 8.36. The Bertz CT molecular complexity index is 2710. The molecule has 14 nitrogen and oxygen atoms in total. The lowest BCUT2D eigenvalue weighted by Gasteiger charge is -2.30. The van der Waals surface area contributed by atoms with Crippen LogP contribution >= 0.6 is 0 Å². The number of benzene rings is 4. The van der Waals surface area contributed by atoms with Crippen LogP contribution in [-0.4, -0.2) is 88.3 Å². The van der Waals surface area contributed by atoms with Gasteiger partial charge in [-0.15, -0.1) is 0 Å². The molecule has 1 atom stereocenters. The molecule has 0 aliphatic carbocycles. The quantitative estimate of drug-likeness (QED) is 0.0392. The van der Waals surface area contributed by atoms with Gasteiger partial charge in [-0.2, -0.15) is 5.10 Å². The number of amides is 4. The zero-order valence-electron chi connectivity index (χ0n) is 35.5. The fourth-order valence-electron chi connectivity index (χ4n) is 8.36. The van der Waals surface area contributed by atoms with E-state index >= 15 is 0 Å². The van der Waals surface area contributed by atoms with Crippen molar-refractivity contribution in [3.8, 4) is 17.0 Å². The SMILES string of the molecule is Cc1cc(C(=O)NCCCCCNc2cccc(C=O)c2C(=O)N(C)C2CCC(=O)NC2=O)cc(C)c1-c1cccc2c(CCCOc3cccc4ccccc34)c(C(=O)O)nn12. The molecule has 3 heterocycles. The van der Waals surface area contributed by atoms with Crippen molar-refractivity contribution in [1.29, 1.82) is 0 Å². The van der Waals surface area contributed by atoms with Gasteiger partial charge in [-0.3, -0.25) is 29.3 Å². The summed E-state index contributed by atoms with van der Waals surface area (Å²) in [5, 5.41) is 25.4. The van der Waals surface area contributed by atoms with Crippen molar-refractivity contribution in [2.45, 2.75) is 64.8 Å². The average molecular weight is 851 g/mol. The molecule has 1 fully saturated rings. The van der Waals surface area contributed by atoms with Gasteiger partial charge in [0.1, 0.15) is 11.8 Å². The Morgan fingerprint density at radius 3 is 2.41 bits per heavy atom. The zero-order chi connectivity index (χ0) is 44.6. The van der Waals surface area contributed by atoms with E-state index in [4.69, 9.17) is 4.74 Å². The third kappa shape index (κ3) is 9.60. The first-order valence-electron chi connectivity index (χ1n) is 21.1. The molecule has 0 radical (unpaired) electrons. The number of aromatic carboxylic acids is 1. The number of carboxylic acid groups (broad SMARTS) is 1. The Labute approximate surface area is 364 Å². The second kappa shape index (κ2) is 19.6. The summed E-state index contributed by atoms with van der Waals surface area (Å²) >= 11 is 0. The highest BCUT2D eigenvalue weighted by Crippen LogP contribution is 2.32. The third-order valence-corrected chi connectivity index (χ3v) is 11.5. The number of nitrogens with one attached hydrogen (secondary N) is 3. The Balaban J connectivity index is 0.937. The number of carbonyl (C=O) groups excluding carboxylic acids is 5. The molecule has 1 saturated heterocycles. The number of nitrogens with zero attached hydrogens (tertiary/aromatic N) is 3. The number of hydrogen-bond acceptors (Lipinski definition) is 9. The largest absolute Gasteiger partial charge is 0.493 e. The summed E-state index contributed by atoms with van der Waals surface area (Å²) in [4.78, 5) is 76.6. The molecule has 324 valence electrons. The van der Waals surface area contributed by atoms with Crippen LogP contribution in [0.15, 0.2) is 91.0 Å². The number of aromatic nitrogens is 2. The predicted molar refractivity (Wildman–Crippen MR) is 240 cm³/mol. The van der Waals surface area contributed by atoms with Gasteiger partial charge in [-0.1, -0.05) is 54.6 Å². The van der Waals surface area contributed by atoms with Crippen LogP contribution in [0.5, 0.6) is 5.75 Å². The second-order valence-electron chi connectivity index (χ2n) is 15.8. The molecule has 4 aromatic carbocycles. The lowest BCUT2D eigenvalue weighted by Crippen LogP contribution is -2.53. The predicted octanol–water partition coefficient (Wildman–Crippen LogP) is 7.18. The highest BCUT2D eigenvalue weighted by Gasteiger charge is 2.34. The molecule has 0 bridgehead atoms. The maximum atomic E-state index is 13.5. The number of imide groups is 1. The molecule has 4 amide bonds. The first-order chi connectivity index (χ1) is 30.5. The molecule has 7 rings (SSSR count). The Morgan fingerprint density at radius 1 is 0.921 bits per heavy atom. The molecule has 63 heavy (non-hydrogen) atoms. The number of unbranched alkanes of at least 4 members (excludes halogenated alkanes) is 2. The minimum atomic E-state index is -1.10. The molecule has 14 heteroatoms. The van der Waals surface area contributed by atoms with Crippen molar-refractivity contribution in [2.24, 2.45) is 0 Å². The number of aldehydes is 1. The monoisotopic (exact) mass is 850 g/mol. The van der Waals surface area contributed by atoms with Crippen molar-refractivity contribution >= 4 is 57.9 Å². The molecule has 2 aromatic heterocycles. The minimum Gasteiger partial charge on any atom is -0.493 e. The number of aryl methyl sites for hydroxylation is 3. The van der Waals surface area contributed by atoms with Gasteiger partial charge in [0.05, 0.1) is 23.4 Å². The summed E-state index contributed by atoms with van der Waals surface area (Å²) in [7, 11) is 1.49. The van der Waals surface area contributed by atoms with Gasteiger partial charge in [0.15, 0.2) is 12.0 Å². The van der Waals surface area contributed by atoms with E-state index in [2.05, 4.69) is 21.0 Å². The Hall–Kier alpha value is -7.35. The maximum absolute atomic E-state index is 13.5. The van der Waals surface area contributed by atoms with Gasteiger partial charge in [0, 0.05) is 59.9 Å². The topological polar surface area (TPSA) is 189 Å². The molecule has 1 aliphatic heterocycles. The van der Waals surface area contributed by atoms with E-state index in [1.54, 1.807) is 22.7 Å². The number of carbonyl (C=O) groups is 6. The van der Waals surface area contributed by atoms with E-state index in [1.165, 1.54) is 11.9 Å². The lowest BCUT2D eigenvalue weighted by molar-refractivity contribution is -0.136. The first kappa shape index (κ1) is 43.7. The van der Waals surface area contributed by atoms with Crippen LogP contribution in [0.25, 0.3) is 27.5 Å². The van der Waals surface area contributed by atoms with E-state index in [9.17, 15) is 33.9 Å². The molecule has 4 N–H and O–H groups in total. The van der Waals surface area contributed by atoms with Crippen LogP contribution < -0.4 is 20.7 Å². The van der Waals surface area contributed by atoms with Gasteiger partial charge < -0.3 is 25.4 Å². The average Bonchev–Trinajstić information content (AvgIpc) is 3.66. The third-order valence-electron chi connectivity index (χ3n) is 11.5. The number of pyridine rings is 1. The Kier molecular flexibility index (Phi) is 13.6. The highest BCUT2D eigenvalue weighted by molar-refractivity contribution is 6.09. The molecular formula is C49H50N6O8. The molecule has 0 saturated carbocycles. The van der Waals surface area contributed by atoms with Crippen LogP contribution in [0.3, 0.4) is 0 Å². The van der Waals surface area contributed by atoms with Crippen LogP contribution in [-0.2, 0) is 16.0 Å². The van der Waals surface area contributed by atoms with E-state index in [1.807, 2.05) is 86.6 Å². The molecule has 0 spiro atoms. The number of rotatable bonds is 18. The van der Waals surface area contributed by atoms with Gasteiger partial charge in [-0.25, -0.2) is 9.31 Å². The van der Waals surface area contributed by atoms with Crippen molar-refractivity contribution in [2.75, 3.05) is 32.1 Å². The minimum absolute atomic E-state index is 0.00323. The van der Waals surface area contributed by atoms with Crippen molar-refractivity contribution in [3.63, 3.8) is 0 Å². The van der Waals surface area contributed by atoms with E-state index in [0.717, 1.165) is 45.3 Å². The number of ether oxygens (including phenoxy) is 1. The number of fused-ring (bicyclic) bond motifs is 2. The summed E-state index contributed by atoms with van der Waals surface area (Å²) in [6.07, 6.45) is 4.15. The van der Waals surface area contributed by atoms with Crippen molar-refractivity contribution in [1.82, 2.24) is 25.1 Å². The summed E-state index contributed by atoms with van der Waals surface area (Å²) in [6.45, 7) is 5.20. The van der Waals surface area contributed by atoms with Gasteiger partial charge in [-0.05, 0) is 105 Å². The van der Waals surface area contributed by atoms with E-state index in [-0.39, 0.29) is 41.5 Å². The zero-order valence-corrected chi connectivity index (χ0v) is 35.5. The fraction of sp³-hybridized carbons (Fsp3) is 0.286. The number of carboxylic acids is 1. The maximum Gasteiger partial charge on any atom is 0.356 e. The van der Waals surface area contributed by atoms with Gasteiger partial charge >= 0.3 is 5.97 Å². The standard InChI is InChI=1S/C49H50N6O8/c1-30-27-34(46(58)51-25-8-4-7-24-50-37-18-9-15-33(29-56)44(37)48(60)54(3)40-22-23-42(57)52-47(40)59)28-31(2)43(30)39-20-11-19-38-36(45(49(61)62)53-55(38)39)17-12-26-63-41-21-10-14-32-13-5-6-16-35(32)41/h5-6,9-11,13-16,18-21,27-29,40,50H,4,7-8,12,17,22-26H2,1-3H3,(H,51,58)(H,61,62)(H,52,57,59). The van der Waals surface area contributed by atoms with Crippen molar-refractivity contribution < 1.29 is 38.6 Å². The van der Waals surface area contributed by atoms with E-state index < -0.39 is 23.8 Å².